The molecular formula is C24H29NO4. The van der Waals surface area contributed by atoms with E-state index in [0.717, 1.165) is 28.3 Å². The molecule has 1 aliphatic heterocycles. The minimum Gasteiger partial charge on any atom is -0.497 e. The average Bonchev–Trinajstić information content (AvgIpc) is 2.72. The SMILES string of the molecule is C#CCOC1C(OCC)c2cc(NCc3ccc(OC)cc3)ccc2OC1(C)C. The normalized spacial score (nSPS) is 19.6. The number of nitrogens with one attached hydrogen (secondary N) is 1. The second-order valence-electron chi connectivity index (χ2n) is 7.47. The fraction of sp³-hybridized carbons (Fsp3) is 0.417. The average molecular weight is 395 g/mol. The van der Waals surface area contributed by atoms with E-state index in [1.165, 1.54) is 0 Å². The number of anilines is 1. The minimum atomic E-state index is -0.554. The van der Waals surface area contributed by atoms with Crippen LogP contribution in [-0.2, 0) is 16.0 Å². The van der Waals surface area contributed by atoms with Crippen LogP contribution in [0, 0.1) is 12.3 Å². The van der Waals surface area contributed by atoms with Gasteiger partial charge in [0.05, 0.1) is 7.11 Å². The molecule has 29 heavy (non-hydrogen) atoms. The van der Waals surface area contributed by atoms with Crippen LogP contribution < -0.4 is 14.8 Å². The van der Waals surface area contributed by atoms with E-state index >= 15 is 0 Å². The second-order valence-corrected chi connectivity index (χ2v) is 7.47. The van der Waals surface area contributed by atoms with E-state index in [0.29, 0.717) is 13.2 Å². The summed E-state index contributed by atoms with van der Waals surface area (Å²) in [4.78, 5) is 0. The molecule has 1 heterocycles. The van der Waals surface area contributed by atoms with Gasteiger partial charge in [-0.25, -0.2) is 0 Å². The summed E-state index contributed by atoms with van der Waals surface area (Å²) in [6.45, 7) is 7.46. The highest BCUT2D eigenvalue weighted by atomic mass is 16.6. The van der Waals surface area contributed by atoms with Gasteiger partial charge in [-0.2, -0.15) is 0 Å². The van der Waals surface area contributed by atoms with Gasteiger partial charge < -0.3 is 24.3 Å². The Kier molecular flexibility index (Phi) is 6.68. The number of ether oxygens (including phenoxy) is 4. The fourth-order valence-corrected chi connectivity index (χ4v) is 3.57. The van der Waals surface area contributed by atoms with Crippen LogP contribution in [0.15, 0.2) is 42.5 Å². The van der Waals surface area contributed by atoms with Crippen molar-refractivity contribution >= 4 is 5.69 Å². The van der Waals surface area contributed by atoms with Crippen molar-refractivity contribution in [1.29, 1.82) is 0 Å². The Bertz CT molecular complexity index is 854. The van der Waals surface area contributed by atoms with Gasteiger partial charge in [0.25, 0.3) is 0 Å². The molecule has 0 fully saturated rings. The lowest BCUT2D eigenvalue weighted by Crippen LogP contribution is -2.51. The van der Waals surface area contributed by atoms with Crippen molar-refractivity contribution in [2.24, 2.45) is 0 Å². The number of hydrogen-bond donors (Lipinski definition) is 1. The fourth-order valence-electron chi connectivity index (χ4n) is 3.57. The van der Waals surface area contributed by atoms with Crippen molar-refractivity contribution < 1.29 is 18.9 Å². The summed E-state index contributed by atoms with van der Waals surface area (Å²) < 4.78 is 23.5. The predicted molar refractivity (Wildman–Crippen MR) is 114 cm³/mol. The summed E-state index contributed by atoms with van der Waals surface area (Å²) in [6, 6.07) is 14.1. The van der Waals surface area contributed by atoms with E-state index in [1.54, 1.807) is 7.11 Å². The molecule has 2 atom stereocenters. The van der Waals surface area contributed by atoms with Crippen LogP contribution in [0.5, 0.6) is 11.5 Å². The van der Waals surface area contributed by atoms with Crippen LogP contribution >= 0.6 is 0 Å². The number of terminal acetylenes is 1. The summed E-state index contributed by atoms with van der Waals surface area (Å²) in [7, 11) is 1.67. The van der Waals surface area contributed by atoms with E-state index < -0.39 is 5.60 Å². The Balaban J connectivity index is 1.82. The van der Waals surface area contributed by atoms with Crippen molar-refractivity contribution in [2.75, 3.05) is 25.6 Å². The maximum atomic E-state index is 6.23. The van der Waals surface area contributed by atoms with E-state index in [-0.39, 0.29) is 18.8 Å². The molecule has 2 aromatic rings. The highest BCUT2D eigenvalue weighted by Crippen LogP contribution is 2.44. The molecule has 2 aromatic carbocycles. The van der Waals surface area contributed by atoms with Gasteiger partial charge >= 0.3 is 0 Å². The Morgan fingerprint density at radius 2 is 1.90 bits per heavy atom. The standard InChI is InChI=1S/C24H29NO4/c1-6-14-28-23-22(27-7-2)20-15-18(10-13-21(20)29-24(23,3)4)25-16-17-8-11-19(26-5)12-9-17/h1,8-13,15,22-23,25H,7,14,16H2,2-5H3. The molecule has 0 saturated heterocycles. The third-order valence-electron chi connectivity index (χ3n) is 5.00. The van der Waals surface area contributed by atoms with Crippen molar-refractivity contribution in [3.63, 3.8) is 0 Å². The highest BCUT2D eigenvalue weighted by Gasteiger charge is 2.45. The molecule has 0 radical (unpaired) electrons. The molecule has 0 spiro atoms. The van der Waals surface area contributed by atoms with Gasteiger partial charge in [0.2, 0.25) is 0 Å². The van der Waals surface area contributed by atoms with Gasteiger partial charge in [-0.15, -0.1) is 6.42 Å². The molecule has 5 heteroatoms. The predicted octanol–water partition coefficient (Wildman–Crippen LogP) is 4.57. The van der Waals surface area contributed by atoms with Crippen molar-refractivity contribution in [2.45, 2.75) is 45.1 Å². The number of benzene rings is 2. The van der Waals surface area contributed by atoms with Gasteiger partial charge in [0.15, 0.2) is 0 Å². The van der Waals surface area contributed by atoms with Crippen LogP contribution in [0.2, 0.25) is 0 Å². The maximum Gasteiger partial charge on any atom is 0.132 e. The first-order valence-electron chi connectivity index (χ1n) is 9.85. The molecule has 154 valence electrons. The molecular weight excluding hydrogens is 366 g/mol. The maximum absolute atomic E-state index is 6.23. The summed E-state index contributed by atoms with van der Waals surface area (Å²) >= 11 is 0. The minimum absolute atomic E-state index is 0.214. The second kappa shape index (κ2) is 9.21. The van der Waals surface area contributed by atoms with Crippen LogP contribution in [0.1, 0.15) is 38.0 Å². The van der Waals surface area contributed by atoms with E-state index in [2.05, 4.69) is 17.3 Å². The van der Waals surface area contributed by atoms with Crippen molar-refractivity contribution in [3.05, 3.63) is 53.6 Å². The van der Waals surface area contributed by atoms with Crippen LogP contribution in [0.25, 0.3) is 0 Å². The third kappa shape index (κ3) is 4.84. The highest BCUT2D eigenvalue weighted by molar-refractivity contribution is 5.54. The Morgan fingerprint density at radius 3 is 2.55 bits per heavy atom. The van der Waals surface area contributed by atoms with Gasteiger partial charge in [-0.3, -0.25) is 0 Å². The van der Waals surface area contributed by atoms with Gasteiger partial charge in [-0.1, -0.05) is 18.1 Å². The van der Waals surface area contributed by atoms with Gasteiger partial charge in [0, 0.05) is 24.4 Å². The first-order chi connectivity index (χ1) is 14.0. The largest absolute Gasteiger partial charge is 0.497 e. The molecule has 0 aliphatic carbocycles. The van der Waals surface area contributed by atoms with E-state index in [4.69, 9.17) is 25.4 Å². The van der Waals surface area contributed by atoms with Crippen LogP contribution in [0.3, 0.4) is 0 Å². The molecule has 0 bridgehead atoms. The van der Waals surface area contributed by atoms with Crippen LogP contribution in [0.4, 0.5) is 5.69 Å². The summed E-state index contributed by atoms with van der Waals surface area (Å²) in [5, 5.41) is 3.46. The molecule has 3 rings (SSSR count). The Labute approximate surface area is 173 Å². The lowest BCUT2D eigenvalue weighted by molar-refractivity contribution is -0.154. The molecule has 0 saturated carbocycles. The quantitative estimate of drug-likeness (QED) is 0.664. The Hall–Kier alpha value is -2.68. The summed E-state index contributed by atoms with van der Waals surface area (Å²) in [5.74, 6) is 4.20. The first-order valence-corrected chi connectivity index (χ1v) is 9.85. The number of rotatable bonds is 8. The van der Waals surface area contributed by atoms with Crippen LogP contribution in [-0.4, -0.2) is 32.0 Å². The molecule has 1 N–H and O–H groups in total. The lowest BCUT2D eigenvalue weighted by Gasteiger charge is -2.44. The monoisotopic (exact) mass is 395 g/mol. The van der Waals surface area contributed by atoms with Gasteiger partial charge in [-0.05, 0) is 56.7 Å². The van der Waals surface area contributed by atoms with Crippen molar-refractivity contribution in [3.8, 4) is 23.8 Å². The molecule has 0 aromatic heterocycles. The summed E-state index contributed by atoms with van der Waals surface area (Å²) in [5.41, 5.74) is 2.57. The smallest absolute Gasteiger partial charge is 0.132 e. The summed E-state index contributed by atoms with van der Waals surface area (Å²) in [6.07, 6.45) is 4.85. The molecule has 2 unspecified atom stereocenters. The van der Waals surface area contributed by atoms with E-state index in [1.807, 2.05) is 57.2 Å². The molecule has 1 aliphatic rings. The third-order valence-corrected chi connectivity index (χ3v) is 5.00. The van der Waals surface area contributed by atoms with E-state index in [9.17, 15) is 0 Å². The van der Waals surface area contributed by atoms with Gasteiger partial charge in [0.1, 0.15) is 35.9 Å². The zero-order valence-electron chi connectivity index (χ0n) is 17.5. The topological polar surface area (TPSA) is 49.0 Å². The number of fused-ring (bicyclic) bond motifs is 1. The number of methoxy groups -OCH3 is 1. The zero-order chi connectivity index (χ0) is 20.9. The first kappa shape index (κ1) is 21.0. The molecule has 0 amide bonds. The van der Waals surface area contributed by atoms with Crippen molar-refractivity contribution in [1.82, 2.24) is 0 Å². The zero-order valence-corrected chi connectivity index (χ0v) is 17.5. The molecule has 5 nitrogen and oxygen atoms in total. The Morgan fingerprint density at radius 1 is 1.14 bits per heavy atom. The lowest BCUT2D eigenvalue weighted by atomic mass is 9.88. The number of hydrogen-bond acceptors (Lipinski definition) is 5.